The lowest BCUT2D eigenvalue weighted by Crippen LogP contribution is -2.51. The van der Waals surface area contributed by atoms with Crippen LogP contribution >= 0.6 is 34.3 Å². The number of hydrogen-bond acceptors (Lipinski definition) is 5. The number of carbonyl (C=O) groups excluding carboxylic acids is 2. The van der Waals surface area contributed by atoms with Crippen molar-refractivity contribution in [1.29, 1.82) is 0 Å². The Kier molecular flexibility index (Phi) is 5.53. The van der Waals surface area contributed by atoms with E-state index in [1.165, 1.54) is 22.7 Å². The van der Waals surface area contributed by atoms with E-state index in [1.807, 2.05) is 28.9 Å². The smallest absolute Gasteiger partial charge is 0.265 e. The van der Waals surface area contributed by atoms with E-state index in [-0.39, 0.29) is 17.7 Å². The predicted octanol–water partition coefficient (Wildman–Crippen LogP) is 4.31. The largest absolute Gasteiger partial charge is 0.339 e. The third kappa shape index (κ3) is 3.91. The number of aromatic nitrogens is 1. The van der Waals surface area contributed by atoms with E-state index in [0.29, 0.717) is 35.4 Å². The second-order valence-corrected chi connectivity index (χ2v) is 9.85. The molecule has 2 amide bonds. The first-order chi connectivity index (χ1) is 13.0. The van der Waals surface area contributed by atoms with Crippen molar-refractivity contribution in [1.82, 2.24) is 14.8 Å². The van der Waals surface area contributed by atoms with Crippen molar-refractivity contribution >= 4 is 46.1 Å². The summed E-state index contributed by atoms with van der Waals surface area (Å²) in [6.07, 6.45) is 4.37. The Labute approximate surface area is 172 Å². The van der Waals surface area contributed by atoms with E-state index >= 15 is 0 Å². The minimum atomic E-state index is 0.0202. The Morgan fingerprint density at radius 3 is 2.37 bits per heavy atom. The average Bonchev–Trinajstić information content (AvgIpc) is 3.41. The normalized spacial score (nSPS) is 18.3. The molecule has 0 N–H and O–H groups in total. The zero-order chi connectivity index (χ0) is 19.0. The van der Waals surface area contributed by atoms with Crippen molar-refractivity contribution in [2.45, 2.75) is 32.6 Å². The molecule has 1 aliphatic carbocycles. The number of aryl methyl sites for hydroxylation is 1. The van der Waals surface area contributed by atoms with E-state index in [9.17, 15) is 9.59 Å². The van der Waals surface area contributed by atoms with Crippen LogP contribution in [0.3, 0.4) is 0 Å². The van der Waals surface area contributed by atoms with Crippen molar-refractivity contribution < 1.29 is 9.59 Å². The average molecular weight is 424 g/mol. The minimum Gasteiger partial charge on any atom is -0.339 e. The maximum atomic E-state index is 13.0. The highest BCUT2D eigenvalue weighted by molar-refractivity contribution is 7.24. The second-order valence-electron chi connectivity index (χ2n) is 7.14. The van der Waals surface area contributed by atoms with Crippen LogP contribution in [0.15, 0.2) is 12.1 Å². The SMILES string of the molecule is Cc1nc(-c2ccc(Cl)s2)sc1C(=O)N1CCN(C(=O)C2CCCC2)CC1. The highest BCUT2D eigenvalue weighted by Crippen LogP contribution is 2.35. The molecule has 5 nitrogen and oxygen atoms in total. The molecule has 2 fully saturated rings. The third-order valence-corrected chi connectivity index (χ3v) is 7.90. The lowest BCUT2D eigenvalue weighted by molar-refractivity contribution is -0.136. The molecule has 0 bridgehead atoms. The number of hydrogen-bond donors (Lipinski definition) is 0. The summed E-state index contributed by atoms with van der Waals surface area (Å²) in [5.41, 5.74) is 0.758. The van der Waals surface area contributed by atoms with E-state index < -0.39 is 0 Å². The maximum absolute atomic E-state index is 13.0. The molecule has 0 aromatic carbocycles. The van der Waals surface area contributed by atoms with Crippen molar-refractivity contribution in [3.63, 3.8) is 0 Å². The molecule has 2 aromatic rings. The molecule has 0 spiro atoms. The Morgan fingerprint density at radius 2 is 1.74 bits per heavy atom. The van der Waals surface area contributed by atoms with Gasteiger partial charge in [-0.1, -0.05) is 24.4 Å². The first kappa shape index (κ1) is 18.9. The van der Waals surface area contributed by atoms with Gasteiger partial charge in [-0.25, -0.2) is 4.98 Å². The number of rotatable bonds is 3. The number of thiophene rings is 1. The van der Waals surface area contributed by atoms with Gasteiger partial charge in [0.05, 0.1) is 14.9 Å². The van der Waals surface area contributed by atoms with Gasteiger partial charge in [-0.15, -0.1) is 22.7 Å². The van der Waals surface area contributed by atoms with Gasteiger partial charge < -0.3 is 9.80 Å². The molecule has 1 saturated carbocycles. The minimum absolute atomic E-state index is 0.0202. The van der Waals surface area contributed by atoms with Crippen LogP contribution < -0.4 is 0 Å². The van der Waals surface area contributed by atoms with Crippen LogP contribution in [0.5, 0.6) is 0 Å². The van der Waals surface area contributed by atoms with Crippen molar-refractivity contribution in [2.24, 2.45) is 5.92 Å². The molecule has 144 valence electrons. The van der Waals surface area contributed by atoms with Crippen molar-refractivity contribution in [2.75, 3.05) is 26.2 Å². The van der Waals surface area contributed by atoms with E-state index in [0.717, 1.165) is 41.3 Å². The van der Waals surface area contributed by atoms with Crippen LogP contribution in [-0.2, 0) is 4.79 Å². The zero-order valence-corrected chi connectivity index (χ0v) is 17.6. The quantitative estimate of drug-likeness (QED) is 0.739. The van der Waals surface area contributed by atoms with Crippen LogP contribution in [0, 0.1) is 12.8 Å². The van der Waals surface area contributed by atoms with Crippen molar-refractivity contribution in [3.8, 4) is 9.88 Å². The first-order valence-electron chi connectivity index (χ1n) is 9.34. The zero-order valence-electron chi connectivity index (χ0n) is 15.2. The molecule has 8 heteroatoms. The molecule has 1 aliphatic heterocycles. The first-order valence-corrected chi connectivity index (χ1v) is 11.3. The van der Waals surface area contributed by atoms with Gasteiger partial charge in [0.15, 0.2) is 0 Å². The van der Waals surface area contributed by atoms with Crippen molar-refractivity contribution in [3.05, 3.63) is 27.0 Å². The Balaban J connectivity index is 1.41. The molecule has 2 aliphatic rings. The summed E-state index contributed by atoms with van der Waals surface area (Å²) in [6, 6.07) is 3.79. The summed E-state index contributed by atoms with van der Waals surface area (Å²) >= 11 is 8.91. The standard InChI is InChI=1S/C19H22ClN3O2S2/c1-12-16(27-17(21-12)14-6-7-15(20)26-14)19(25)23-10-8-22(9-11-23)18(24)13-4-2-3-5-13/h6-7,13H,2-5,8-11H2,1H3. The van der Waals surface area contributed by atoms with Crippen LogP contribution in [0.1, 0.15) is 41.0 Å². The predicted molar refractivity (Wildman–Crippen MR) is 110 cm³/mol. The molecular weight excluding hydrogens is 402 g/mol. The molecule has 0 atom stereocenters. The topological polar surface area (TPSA) is 53.5 Å². The molecule has 1 saturated heterocycles. The number of nitrogens with zero attached hydrogens (tertiary/aromatic N) is 3. The number of carbonyl (C=O) groups is 2. The number of halogens is 1. The third-order valence-electron chi connectivity index (χ3n) is 5.36. The molecular formula is C19H22ClN3O2S2. The van der Waals surface area contributed by atoms with Crippen LogP contribution in [0.4, 0.5) is 0 Å². The van der Waals surface area contributed by atoms with Gasteiger partial charge in [-0.05, 0) is 31.9 Å². The summed E-state index contributed by atoms with van der Waals surface area (Å²) in [4.78, 5) is 35.6. The van der Waals surface area contributed by atoms with E-state index in [2.05, 4.69) is 4.98 Å². The fourth-order valence-corrected chi connectivity index (χ4v) is 5.97. The molecule has 0 unspecified atom stereocenters. The van der Waals surface area contributed by atoms with E-state index in [4.69, 9.17) is 11.6 Å². The van der Waals surface area contributed by atoms with Crippen LogP contribution in [0.2, 0.25) is 4.34 Å². The fourth-order valence-electron chi connectivity index (χ4n) is 3.83. The lowest BCUT2D eigenvalue weighted by atomic mass is 10.1. The summed E-state index contributed by atoms with van der Waals surface area (Å²) in [7, 11) is 0. The summed E-state index contributed by atoms with van der Waals surface area (Å²) < 4.78 is 0.716. The van der Waals surface area contributed by atoms with Crippen LogP contribution in [-0.4, -0.2) is 52.8 Å². The number of thiazole rings is 1. The maximum Gasteiger partial charge on any atom is 0.265 e. The second kappa shape index (κ2) is 7.89. The Bertz CT molecular complexity index is 849. The van der Waals surface area contributed by atoms with Crippen LogP contribution in [0.25, 0.3) is 9.88 Å². The van der Waals surface area contributed by atoms with Gasteiger partial charge in [-0.2, -0.15) is 0 Å². The summed E-state index contributed by atoms with van der Waals surface area (Å²) in [5, 5.41) is 0.836. The number of amides is 2. The molecule has 27 heavy (non-hydrogen) atoms. The monoisotopic (exact) mass is 423 g/mol. The van der Waals surface area contributed by atoms with Gasteiger partial charge in [0.25, 0.3) is 5.91 Å². The van der Waals surface area contributed by atoms with E-state index in [1.54, 1.807) is 0 Å². The molecule has 3 heterocycles. The molecule has 2 aromatic heterocycles. The van der Waals surface area contributed by atoms with Gasteiger partial charge in [0.2, 0.25) is 5.91 Å². The van der Waals surface area contributed by atoms with Gasteiger partial charge in [0, 0.05) is 32.1 Å². The summed E-state index contributed by atoms with van der Waals surface area (Å²) in [5.74, 6) is 0.508. The Morgan fingerprint density at radius 1 is 1.07 bits per heavy atom. The van der Waals surface area contributed by atoms with Gasteiger partial charge in [-0.3, -0.25) is 9.59 Å². The van der Waals surface area contributed by atoms with Gasteiger partial charge >= 0.3 is 0 Å². The highest BCUT2D eigenvalue weighted by atomic mass is 35.5. The number of piperazine rings is 1. The molecule has 0 radical (unpaired) electrons. The summed E-state index contributed by atoms with van der Waals surface area (Å²) in [6.45, 7) is 4.32. The Hall–Kier alpha value is -1.44. The highest BCUT2D eigenvalue weighted by Gasteiger charge is 2.31. The fraction of sp³-hybridized carbons (Fsp3) is 0.526. The lowest BCUT2D eigenvalue weighted by Gasteiger charge is -2.35. The van der Waals surface area contributed by atoms with Gasteiger partial charge in [0.1, 0.15) is 9.88 Å². The molecule has 4 rings (SSSR count).